The Kier molecular flexibility index (Phi) is 7.98. The first kappa shape index (κ1) is 19.9. The molecule has 8 heteroatoms. The number of halogens is 1. The quantitative estimate of drug-likeness (QED) is 0.671. The van der Waals surface area contributed by atoms with Gasteiger partial charge < -0.3 is 10.6 Å². The molecular formula is C15H24ClN3O3S. The third kappa shape index (κ3) is 6.10. The molecule has 1 aliphatic rings. The molecule has 130 valence electrons. The predicted molar refractivity (Wildman–Crippen MR) is 92.3 cm³/mol. The van der Waals surface area contributed by atoms with Gasteiger partial charge in [0, 0.05) is 19.0 Å². The molecule has 1 aliphatic heterocycles. The number of sulfonamides is 1. The third-order valence-corrected chi connectivity index (χ3v) is 5.28. The monoisotopic (exact) mass is 361 g/mol. The van der Waals surface area contributed by atoms with Gasteiger partial charge in [-0.1, -0.05) is 12.1 Å². The Morgan fingerprint density at radius 1 is 1.30 bits per heavy atom. The van der Waals surface area contributed by atoms with Crippen molar-refractivity contribution in [2.75, 3.05) is 20.1 Å². The molecule has 1 fully saturated rings. The highest BCUT2D eigenvalue weighted by Crippen LogP contribution is 2.11. The first-order valence-corrected chi connectivity index (χ1v) is 9.02. The zero-order chi connectivity index (χ0) is 16.0. The van der Waals surface area contributed by atoms with E-state index in [2.05, 4.69) is 15.4 Å². The number of aryl methyl sites for hydroxylation is 1. The normalized spacial score (nSPS) is 17.5. The second-order valence-corrected chi connectivity index (χ2v) is 7.34. The average molecular weight is 362 g/mol. The summed E-state index contributed by atoms with van der Waals surface area (Å²) in [5.74, 6) is 0.0284. The molecule has 3 N–H and O–H groups in total. The lowest BCUT2D eigenvalue weighted by molar-refractivity contribution is -0.121. The van der Waals surface area contributed by atoms with E-state index in [0.717, 1.165) is 18.5 Å². The summed E-state index contributed by atoms with van der Waals surface area (Å²) in [6.45, 7) is 1.71. The molecule has 1 aromatic rings. The lowest BCUT2D eigenvalue weighted by Gasteiger charge is -2.11. The van der Waals surface area contributed by atoms with Crippen LogP contribution in [0.15, 0.2) is 29.2 Å². The summed E-state index contributed by atoms with van der Waals surface area (Å²) in [7, 11) is -2.02. The van der Waals surface area contributed by atoms with Gasteiger partial charge in [0.25, 0.3) is 0 Å². The number of hydrogen-bond acceptors (Lipinski definition) is 4. The predicted octanol–water partition coefficient (Wildman–Crippen LogP) is 0.817. The highest BCUT2D eigenvalue weighted by atomic mass is 35.5. The summed E-state index contributed by atoms with van der Waals surface area (Å²) in [5.41, 5.74) is 0.948. The van der Waals surface area contributed by atoms with Crippen molar-refractivity contribution >= 4 is 28.3 Å². The maximum absolute atomic E-state index is 11.8. The number of rotatable bonds is 7. The first-order valence-electron chi connectivity index (χ1n) is 7.54. The first-order chi connectivity index (χ1) is 10.5. The van der Waals surface area contributed by atoms with Crippen LogP contribution in [0.4, 0.5) is 0 Å². The van der Waals surface area contributed by atoms with Crippen LogP contribution in [0.2, 0.25) is 0 Å². The second kappa shape index (κ2) is 9.22. The van der Waals surface area contributed by atoms with E-state index >= 15 is 0 Å². The van der Waals surface area contributed by atoms with Crippen LogP contribution in [0.25, 0.3) is 0 Å². The fourth-order valence-electron chi connectivity index (χ4n) is 2.47. The molecule has 0 aromatic heterocycles. The second-order valence-electron chi connectivity index (χ2n) is 5.45. The Hall–Kier alpha value is -1.15. The summed E-state index contributed by atoms with van der Waals surface area (Å²) >= 11 is 0. The van der Waals surface area contributed by atoms with E-state index in [1.165, 1.54) is 13.5 Å². The van der Waals surface area contributed by atoms with Gasteiger partial charge in [-0.15, -0.1) is 12.4 Å². The smallest absolute Gasteiger partial charge is 0.240 e. The van der Waals surface area contributed by atoms with Crippen molar-refractivity contribution in [1.82, 2.24) is 15.4 Å². The highest BCUT2D eigenvalue weighted by molar-refractivity contribution is 7.89. The van der Waals surface area contributed by atoms with Crippen molar-refractivity contribution in [3.05, 3.63) is 29.8 Å². The van der Waals surface area contributed by atoms with Gasteiger partial charge in [0.2, 0.25) is 15.9 Å². The van der Waals surface area contributed by atoms with Crippen molar-refractivity contribution in [1.29, 1.82) is 0 Å². The summed E-state index contributed by atoms with van der Waals surface area (Å²) < 4.78 is 25.5. The minimum Gasteiger partial charge on any atom is -0.355 e. The Bertz CT molecular complexity index is 599. The van der Waals surface area contributed by atoms with Crippen molar-refractivity contribution in [3.63, 3.8) is 0 Å². The van der Waals surface area contributed by atoms with Crippen LogP contribution in [-0.4, -0.2) is 40.5 Å². The lowest BCUT2D eigenvalue weighted by Crippen LogP contribution is -2.37. The van der Waals surface area contributed by atoms with Gasteiger partial charge in [-0.3, -0.25) is 4.79 Å². The van der Waals surface area contributed by atoms with Crippen molar-refractivity contribution < 1.29 is 13.2 Å². The molecular weight excluding hydrogens is 338 g/mol. The van der Waals surface area contributed by atoms with E-state index in [1.807, 2.05) is 0 Å². The summed E-state index contributed by atoms with van der Waals surface area (Å²) in [6.07, 6.45) is 3.29. The highest BCUT2D eigenvalue weighted by Gasteiger charge is 2.14. The van der Waals surface area contributed by atoms with Gasteiger partial charge in [0.15, 0.2) is 0 Å². The van der Waals surface area contributed by atoms with E-state index in [0.29, 0.717) is 25.4 Å². The van der Waals surface area contributed by atoms with Crippen molar-refractivity contribution in [2.45, 2.75) is 36.6 Å². The number of carbonyl (C=O) groups excluding carboxylic acids is 1. The zero-order valence-electron chi connectivity index (χ0n) is 13.2. The van der Waals surface area contributed by atoms with E-state index < -0.39 is 10.0 Å². The van der Waals surface area contributed by atoms with Gasteiger partial charge in [0.05, 0.1) is 4.90 Å². The van der Waals surface area contributed by atoms with E-state index in [-0.39, 0.29) is 23.2 Å². The molecule has 0 radical (unpaired) electrons. The van der Waals surface area contributed by atoms with Crippen molar-refractivity contribution in [3.8, 4) is 0 Å². The topological polar surface area (TPSA) is 87.3 Å². The number of carbonyl (C=O) groups is 1. The maximum Gasteiger partial charge on any atom is 0.240 e. The van der Waals surface area contributed by atoms with Gasteiger partial charge in [0.1, 0.15) is 0 Å². The molecule has 0 saturated carbocycles. The number of benzene rings is 1. The van der Waals surface area contributed by atoms with Crippen LogP contribution < -0.4 is 15.4 Å². The van der Waals surface area contributed by atoms with Crippen LogP contribution in [0, 0.1) is 0 Å². The van der Waals surface area contributed by atoms with Crippen LogP contribution in [0.5, 0.6) is 0 Å². The van der Waals surface area contributed by atoms with Gasteiger partial charge in [-0.25, -0.2) is 13.1 Å². The van der Waals surface area contributed by atoms with Crippen LogP contribution in [0.3, 0.4) is 0 Å². The Labute approximate surface area is 143 Å². The van der Waals surface area contributed by atoms with Gasteiger partial charge in [-0.2, -0.15) is 0 Å². The van der Waals surface area contributed by atoms with Crippen molar-refractivity contribution in [2.24, 2.45) is 0 Å². The van der Waals surface area contributed by atoms with Crippen LogP contribution >= 0.6 is 12.4 Å². The van der Waals surface area contributed by atoms with Crippen LogP contribution in [0.1, 0.15) is 24.8 Å². The molecule has 0 aliphatic carbocycles. The fraction of sp³-hybridized carbons (Fsp3) is 0.533. The van der Waals surface area contributed by atoms with E-state index in [9.17, 15) is 13.2 Å². The average Bonchev–Trinajstić information content (AvgIpc) is 3.05. The summed E-state index contributed by atoms with van der Waals surface area (Å²) in [4.78, 5) is 12.0. The van der Waals surface area contributed by atoms with Gasteiger partial charge in [-0.05, 0) is 50.6 Å². The minimum absolute atomic E-state index is 0. The molecule has 2 rings (SSSR count). The molecule has 0 bridgehead atoms. The molecule has 1 amide bonds. The third-order valence-electron chi connectivity index (χ3n) is 3.85. The van der Waals surface area contributed by atoms with Gasteiger partial charge >= 0.3 is 0 Å². The van der Waals surface area contributed by atoms with E-state index in [4.69, 9.17) is 0 Å². The minimum atomic E-state index is -3.40. The molecule has 0 spiro atoms. The molecule has 6 nitrogen and oxygen atoms in total. The number of hydrogen-bond donors (Lipinski definition) is 3. The summed E-state index contributed by atoms with van der Waals surface area (Å²) in [5, 5.41) is 6.27. The zero-order valence-corrected chi connectivity index (χ0v) is 14.8. The van der Waals surface area contributed by atoms with E-state index in [1.54, 1.807) is 24.3 Å². The molecule has 23 heavy (non-hydrogen) atoms. The standard InChI is InChI=1S/C15H23N3O3S.ClH/c1-16-22(20,21)14-7-4-12(5-8-14)6-9-15(19)18-11-13-3-2-10-17-13;/h4-5,7-8,13,16-17H,2-3,6,9-11H2,1H3,(H,18,19);1H. The Morgan fingerprint density at radius 2 is 2.00 bits per heavy atom. The number of nitrogens with one attached hydrogen (secondary N) is 3. The molecule has 1 aromatic carbocycles. The molecule has 1 atom stereocenters. The molecule has 1 saturated heterocycles. The molecule has 1 heterocycles. The Morgan fingerprint density at radius 3 is 2.57 bits per heavy atom. The maximum atomic E-state index is 11.8. The number of amides is 1. The Balaban J connectivity index is 0.00000264. The SMILES string of the molecule is CNS(=O)(=O)c1ccc(CCC(=O)NCC2CCCN2)cc1.Cl. The fourth-order valence-corrected chi connectivity index (χ4v) is 3.20. The molecule has 1 unspecified atom stereocenters. The summed E-state index contributed by atoms with van der Waals surface area (Å²) in [6, 6.07) is 7.00. The van der Waals surface area contributed by atoms with Crippen LogP contribution in [-0.2, 0) is 21.2 Å². The largest absolute Gasteiger partial charge is 0.355 e. The lowest BCUT2D eigenvalue weighted by atomic mass is 10.1.